The summed E-state index contributed by atoms with van der Waals surface area (Å²) in [5, 5.41) is 2.86. The van der Waals surface area contributed by atoms with Crippen molar-refractivity contribution in [3.63, 3.8) is 0 Å². The Morgan fingerprint density at radius 3 is 2.57 bits per heavy atom. The summed E-state index contributed by atoms with van der Waals surface area (Å²) in [6.45, 7) is 10.9. The van der Waals surface area contributed by atoms with Crippen molar-refractivity contribution in [2.45, 2.75) is 46.2 Å². The molecule has 1 atom stereocenters. The third-order valence-electron chi connectivity index (χ3n) is 4.55. The van der Waals surface area contributed by atoms with Crippen molar-refractivity contribution < 1.29 is 9.59 Å². The van der Waals surface area contributed by atoms with Crippen LogP contribution in [0.2, 0.25) is 0 Å². The van der Waals surface area contributed by atoms with Gasteiger partial charge in [-0.1, -0.05) is 12.1 Å². The van der Waals surface area contributed by atoms with E-state index in [-0.39, 0.29) is 17.7 Å². The molecule has 0 spiro atoms. The van der Waals surface area contributed by atoms with Crippen molar-refractivity contribution >= 4 is 11.7 Å². The molecule has 1 aromatic carbocycles. The van der Waals surface area contributed by atoms with Crippen LogP contribution in [0.5, 0.6) is 0 Å². The van der Waals surface area contributed by atoms with Crippen molar-refractivity contribution in [1.29, 1.82) is 0 Å². The molecule has 4 nitrogen and oxygen atoms in total. The molecule has 0 aromatic heterocycles. The molecule has 0 saturated carbocycles. The van der Waals surface area contributed by atoms with Crippen LogP contribution in [-0.2, 0) is 4.79 Å². The highest BCUT2D eigenvalue weighted by Gasteiger charge is 2.41. The first kappa shape index (κ1) is 15.7. The highest BCUT2D eigenvalue weighted by molar-refractivity contribution is 6.00. The van der Waals surface area contributed by atoms with Crippen LogP contribution in [0.15, 0.2) is 18.2 Å². The number of carbonyl (C=O) groups is 2. The third kappa shape index (κ3) is 2.86. The molecule has 0 aliphatic carbocycles. The third-order valence-corrected chi connectivity index (χ3v) is 4.55. The van der Waals surface area contributed by atoms with Gasteiger partial charge in [0.15, 0.2) is 5.78 Å². The Bertz CT molecular complexity index is 578. The van der Waals surface area contributed by atoms with Crippen LogP contribution >= 0.6 is 0 Å². The van der Waals surface area contributed by atoms with Crippen molar-refractivity contribution in [2.24, 2.45) is 0 Å². The Kier molecular flexibility index (Phi) is 4.19. The second-order valence-corrected chi connectivity index (χ2v) is 6.35. The van der Waals surface area contributed by atoms with Gasteiger partial charge < -0.3 is 5.32 Å². The summed E-state index contributed by atoms with van der Waals surface area (Å²) < 4.78 is 0. The van der Waals surface area contributed by atoms with Crippen LogP contribution in [-0.4, -0.2) is 41.3 Å². The summed E-state index contributed by atoms with van der Waals surface area (Å²) in [6, 6.07) is 5.47. The van der Waals surface area contributed by atoms with Crippen molar-refractivity contribution in [3.05, 3.63) is 34.9 Å². The molecule has 1 amide bonds. The van der Waals surface area contributed by atoms with Crippen LogP contribution in [0, 0.1) is 13.8 Å². The van der Waals surface area contributed by atoms with Crippen LogP contribution in [0.25, 0.3) is 0 Å². The number of hydrogen-bond donors (Lipinski definition) is 1. The minimum absolute atomic E-state index is 0.0199. The summed E-state index contributed by atoms with van der Waals surface area (Å²) in [5.41, 5.74) is 2.35. The zero-order chi connectivity index (χ0) is 15.8. The Morgan fingerprint density at radius 2 is 1.95 bits per heavy atom. The van der Waals surface area contributed by atoms with Gasteiger partial charge in [0, 0.05) is 18.7 Å². The normalized spacial score (nSPS) is 20.0. The fraction of sp³-hybridized carbons (Fsp3) is 0.529. The quantitative estimate of drug-likeness (QED) is 0.866. The molecule has 1 saturated heterocycles. The van der Waals surface area contributed by atoms with E-state index in [1.807, 2.05) is 57.7 Å². The summed E-state index contributed by atoms with van der Waals surface area (Å²) >= 11 is 0. The van der Waals surface area contributed by atoms with E-state index in [1.54, 1.807) is 0 Å². The average molecular weight is 288 g/mol. The average Bonchev–Trinajstić information content (AvgIpc) is 2.43. The van der Waals surface area contributed by atoms with E-state index in [2.05, 4.69) is 5.32 Å². The molecule has 21 heavy (non-hydrogen) atoms. The van der Waals surface area contributed by atoms with E-state index in [1.165, 1.54) is 5.56 Å². The lowest BCUT2D eigenvalue weighted by atomic mass is 9.93. The minimum Gasteiger partial charge on any atom is -0.353 e. The van der Waals surface area contributed by atoms with Gasteiger partial charge in [0.2, 0.25) is 5.91 Å². The Morgan fingerprint density at radius 1 is 1.29 bits per heavy atom. The molecule has 1 fully saturated rings. The van der Waals surface area contributed by atoms with E-state index >= 15 is 0 Å². The topological polar surface area (TPSA) is 49.4 Å². The lowest BCUT2D eigenvalue weighted by molar-refractivity contribution is -0.135. The van der Waals surface area contributed by atoms with E-state index in [0.717, 1.165) is 5.56 Å². The van der Waals surface area contributed by atoms with Gasteiger partial charge in [0.1, 0.15) is 0 Å². The molecule has 0 radical (unpaired) electrons. The van der Waals surface area contributed by atoms with Crippen molar-refractivity contribution in [1.82, 2.24) is 10.2 Å². The maximum absolute atomic E-state index is 12.7. The van der Waals surface area contributed by atoms with E-state index in [4.69, 9.17) is 0 Å². The van der Waals surface area contributed by atoms with E-state index < -0.39 is 5.54 Å². The second-order valence-electron chi connectivity index (χ2n) is 6.35. The molecule has 1 aromatic rings. The molecular formula is C17H24N2O2. The zero-order valence-electron chi connectivity index (χ0n) is 13.5. The van der Waals surface area contributed by atoms with E-state index in [0.29, 0.717) is 18.7 Å². The van der Waals surface area contributed by atoms with Crippen molar-refractivity contribution in [3.8, 4) is 0 Å². The van der Waals surface area contributed by atoms with Crippen LogP contribution in [0.4, 0.5) is 0 Å². The highest BCUT2D eigenvalue weighted by Crippen LogP contribution is 2.23. The molecule has 1 heterocycles. The number of aryl methyl sites for hydroxylation is 2. The highest BCUT2D eigenvalue weighted by atomic mass is 16.2. The molecular weight excluding hydrogens is 264 g/mol. The van der Waals surface area contributed by atoms with Gasteiger partial charge in [-0.15, -0.1) is 0 Å². The number of carbonyl (C=O) groups excluding carboxylic acids is 2. The number of ketones is 1. The summed E-state index contributed by atoms with van der Waals surface area (Å²) in [6.07, 6.45) is 0. The number of amides is 1. The van der Waals surface area contributed by atoms with Gasteiger partial charge in [-0.2, -0.15) is 0 Å². The van der Waals surface area contributed by atoms with Gasteiger partial charge in [-0.25, -0.2) is 0 Å². The standard InChI is InChI=1S/C17H24N2O2/c1-11-6-7-14(10-12(11)2)15(20)13(3)19-9-8-18-16(21)17(19,4)5/h6-7,10,13H,8-9H2,1-5H3,(H,18,21). The van der Waals surface area contributed by atoms with Crippen molar-refractivity contribution in [2.75, 3.05) is 13.1 Å². The van der Waals surface area contributed by atoms with Gasteiger partial charge in [0.25, 0.3) is 0 Å². The van der Waals surface area contributed by atoms with Gasteiger partial charge in [0.05, 0.1) is 11.6 Å². The molecule has 0 bridgehead atoms. The molecule has 1 unspecified atom stereocenters. The minimum atomic E-state index is -0.660. The number of hydrogen-bond acceptors (Lipinski definition) is 3. The molecule has 1 aliphatic rings. The number of Topliss-reactive ketones (excluding diaryl/α,β-unsaturated/α-hetero) is 1. The van der Waals surface area contributed by atoms with Crippen LogP contribution in [0.3, 0.4) is 0 Å². The molecule has 1 N–H and O–H groups in total. The maximum atomic E-state index is 12.7. The first-order valence-electron chi connectivity index (χ1n) is 7.41. The number of rotatable bonds is 3. The summed E-state index contributed by atoms with van der Waals surface area (Å²) in [7, 11) is 0. The number of nitrogens with one attached hydrogen (secondary N) is 1. The fourth-order valence-corrected chi connectivity index (χ4v) is 2.87. The molecule has 2 rings (SSSR count). The van der Waals surface area contributed by atoms with E-state index in [9.17, 15) is 9.59 Å². The Balaban J connectivity index is 2.26. The predicted molar refractivity (Wildman–Crippen MR) is 83.5 cm³/mol. The lowest BCUT2D eigenvalue weighted by Gasteiger charge is -2.44. The van der Waals surface area contributed by atoms with Gasteiger partial charge in [-0.3, -0.25) is 14.5 Å². The van der Waals surface area contributed by atoms with Crippen LogP contribution < -0.4 is 5.32 Å². The molecule has 114 valence electrons. The summed E-state index contributed by atoms with van der Waals surface area (Å²) in [5.74, 6) is 0.0503. The molecule has 4 heteroatoms. The van der Waals surface area contributed by atoms with Gasteiger partial charge >= 0.3 is 0 Å². The second kappa shape index (κ2) is 5.60. The SMILES string of the molecule is Cc1ccc(C(=O)C(C)N2CCNC(=O)C2(C)C)cc1C. The van der Waals surface area contributed by atoms with Gasteiger partial charge in [-0.05, 0) is 51.8 Å². The number of piperazine rings is 1. The monoisotopic (exact) mass is 288 g/mol. The smallest absolute Gasteiger partial charge is 0.240 e. The predicted octanol–water partition coefficient (Wildman–Crippen LogP) is 2.09. The number of benzene rings is 1. The van der Waals surface area contributed by atoms with Crippen LogP contribution in [0.1, 0.15) is 42.3 Å². The lowest BCUT2D eigenvalue weighted by Crippen LogP contribution is -2.65. The zero-order valence-corrected chi connectivity index (χ0v) is 13.5. The first-order chi connectivity index (χ1) is 9.75. The summed E-state index contributed by atoms with van der Waals surface area (Å²) in [4.78, 5) is 26.7. The maximum Gasteiger partial charge on any atom is 0.240 e. The molecule has 1 aliphatic heterocycles. The Labute approximate surface area is 126 Å². The largest absolute Gasteiger partial charge is 0.353 e. The number of nitrogens with zero attached hydrogens (tertiary/aromatic N) is 1. The first-order valence-corrected chi connectivity index (χ1v) is 7.41. The fourth-order valence-electron chi connectivity index (χ4n) is 2.87. The Hall–Kier alpha value is -1.68.